The van der Waals surface area contributed by atoms with E-state index in [1.165, 1.54) is 31.5 Å². The van der Waals surface area contributed by atoms with Crippen LogP contribution in [0.1, 0.15) is 31.7 Å². The van der Waals surface area contributed by atoms with Crippen molar-refractivity contribution in [3.63, 3.8) is 0 Å². The number of hydrogen-bond acceptors (Lipinski definition) is 3. The molecule has 0 aliphatic carbocycles. The fourth-order valence-electron chi connectivity index (χ4n) is 3.04. The Bertz CT molecular complexity index is 493. The lowest BCUT2D eigenvalue weighted by Crippen LogP contribution is -2.42. The lowest BCUT2D eigenvalue weighted by molar-refractivity contribution is 0.178. The van der Waals surface area contributed by atoms with Gasteiger partial charge in [0.1, 0.15) is 5.75 Å². The van der Waals surface area contributed by atoms with E-state index < -0.39 is 0 Å². The van der Waals surface area contributed by atoms with Crippen LogP contribution in [0, 0.1) is 5.92 Å². The molecule has 0 radical (unpaired) electrons. The van der Waals surface area contributed by atoms with Crippen LogP contribution >= 0.6 is 0 Å². The summed E-state index contributed by atoms with van der Waals surface area (Å²) in [4.78, 5) is 6.81. The molecule has 2 N–H and O–H groups in total. The molecule has 0 amide bonds. The molecule has 1 fully saturated rings. The zero-order valence-corrected chi connectivity index (χ0v) is 15.3. The Labute approximate surface area is 146 Å². The first-order chi connectivity index (χ1) is 11.7. The van der Waals surface area contributed by atoms with Crippen molar-refractivity contribution in [2.45, 2.75) is 32.7 Å². The Hall–Kier alpha value is -1.75. The molecule has 5 heteroatoms. The summed E-state index contributed by atoms with van der Waals surface area (Å²) in [5.74, 6) is 2.59. The number of ether oxygens (including phenoxy) is 1. The third-order valence-corrected chi connectivity index (χ3v) is 4.60. The maximum atomic E-state index is 5.22. The number of piperidine rings is 1. The fourth-order valence-corrected chi connectivity index (χ4v) is 3.04. The standard InChI is InChI=1S/C19H32N4O/c1-4-11-21-19(20-2)22-14-16-9-12-23(13-10-16)15-17-5-7-18(24-3)8-6-17/h5-8,16H,4,9-15H2,1-3H3,(H2,20,21,22). The van der Waals surface area contributed by atoms with E-state index in [2.05, 4.69) is 39.6 Å². The van der Waals surface area contributed by atoms with E-state index in [1.54, 1.807) is 7.11 Å². The molecule has 1 aliphatic rings. The molecule has 0 spiro atoms. The van der Waals surface area contributed by atoms with E-state index in [9.17, 15) is 0 Å². The smallest absolute Gasteiger partial charge is 0.190 e. The van der Waals surface area contributed by atoms with Gasteiger partial charge in [-0.15, -0.1) is 0 Å². The van der Waals surface area contributed by atoms with Crippen molar-refractivity contribution in [3.8, 4) is 5.75 Å². The number of nitrogens with zero attached hydrogens (tertiary/aromatic N) is 2. The number of nitrogens with one attached hydrogen (secondary N) is 2. The molecule has 0 aromatic heterocycles. The minimum absolute atomic E-state index is 0.734. The number of aliphatic imine (C=N–C) groups is 1. The number of hydrogen-bond donors (Lipinski definition) is 2. The summed E-state index contributed by atoms with van der Waals surface area (Å²) < 4.78 is 5.22. The van der Waals surface area contributed by atoms with E-state index in [1.807, 2.05) is 19.2 Å². The van der Waals surface area contributed by atoms with Crippen molar-refractivity contribution in [2.75, 3.05) is 40.3 Å². The molecule has 2 rings (SSSR count). The third-order valence-electron chi connectivity index (χ3n) is 4.60. The Morgan fingerprint density at radius 1 is 1.21 bits per heavy atom. The van der Waals surface area contributed by atoms with E-state index in [0.29, 0.717) is 0 Å². The molecule has 1 aromatic rings. The third kappa shape index (κ3) is 6.04. The highest BCUT2D eigenvalue weighted by atomic mass is 16.5. The van der Waals surface area contributed by atoms with E-state index in [4.69, 9.17) is 4.74 Å². The van der Waals surface area contributed by atoms with Crippen LogP contribution in [0.5, 0.6) is 5.75 Å². The summed E-state index contributed by atoms with van der Waals surface area (Å²) in [6.45, 7) is 7.52. The molecule has 0 unspecified atom stereocenters. The van der Waals surface area contributed by atoms with Crippen molar-refractivity contribution in [3.05, 3.63) is 29.8 Å². The lowest BCUT2D eigenvalue weighted by Gasteiger charge is -2.32. The Balaban J connectivity index is 1.69. The molecule has 24 heavy (non-hydrogen) atoms. The average Bonchev–Trinajstić information content (AvgIpc) is 2.64. The summed E-state index contributed by atoms with van der Waals surface area (Å²) in [6, 6.07) is 8.41. The molecule has 5 nitrogen and oxygen atoms in total. The number of methoxy groups -OCH3 is 1. The minimum atomic E-state index is 0.734. The van der Waals surface area contributed by atoms with Gasteiger partial charge in [-0.05, 0) is 56.0 Å². The molecule has 1 heterocycles. The molecule has 1 aromatic carbocycles. The molecule has 1 aliphatic heterocycles. The van der Waals surface area contributed by atoms with Gasteiger partial charge in [-0.25, -0.2) is 0 Å². The second-order valence-corrected chi connectivity index (χ2v) is 6.45. The van der Waals surface area contributed by atoms with Crippen molar-refractivity contribution in [2.24, 2.45) is 10.9 Å². The van der Waals surface area contributed by atoms with E-state index >= 15 is 0 Å². The maximum Gasteiger partial charge on any atom is 0.190 e. The Morgan fingerprint density at radius 3 is 2.50 bits per heavy atom. The largest absolute Gasteiger partial charge is 0.497 e. The average molecular weight is 332 g/mol. The molecular formula is C19H32N4O. The van der Waals surface area contributed by atoms with Crippen LogP contribution in [0.4, 0.5) is 0 Å². The Kier molecular flexibility index (Phi) is 7.89. The van der Waals surface area contributed by atoms with Gasteiger partial charge in [-0.1, -0.05) is 19.1 Å². The topological polar surface area (TPSA) is 48.9 Å². The Morgan fingerprint density at radius 2 is 1.92 bits per heavy atom. The highest BCUT2D eigenvalue weighted by Gasteiger charge is 2.19. The van der Waals surface area contributed by atoms with Crippen LogP contribution in [0.25, 0.3) is 0 Å². The molecule has 1 saturated heterocycles. The predicted octanol–water partition coefficient (Wildman–Crippen LogP) is 2.48. The lowest BCUT2D eigenvalue weighted by atomic mass is 9.96. The summed E-state index contributed by atoms with van der Waals surface area (Å²) in [7, 11) is 3.54. The fraction of sp³-hybridized carbons (Fsp3) is 0.632. The predicted molar refractivity (Wildman–Crippen MR) is 101 cm³/mol. The summed E-state index contributed by atoms with van der Waals surface area (Å²) in [6.07, 6.45) is 3.60. The van der Waals surface area contributed by atoms with Gasteiger partial charge in [0.05, 0.1) is 7.11 Å². The van der Waals surface area contributed by atoms with Gasteiger partial charge in [0.15, 0.2) is 5.96 Å². The molecule has 134 valence electrons. The highest BCUT2D eigenvalue weighted by Crippen LogP contribution is 2.19. The quantitative estimate of drug-likeness (QED) is 0.595. The second-order valence-electron chi connectivity index (χ2n) is 6.45. The SMILES string of the molecule is CCCNC(=NC)NCC1CCN(Cc2ccc(OC)cc2)CC1. The van der Waals surface area contributed by atoms with Gasteiger partial charge < -0.3 is 15.4 Å². The molecule has 0 bridgehead atoms. The normalized spacial score (nSPS) is 16.9. The van der Waals surface area contributed by atoms with Gasteiger partial charge in [0, 0.05) is 26.7 Å². The van der Waals surface area contributed by atoms with Crippen LogP contribution in [0.2, 0.25) is 0 Å². The van der Waals surface area contributed by atoms with Crippen LogP contribution in [0.15, 0.2) is 29.3 Å². The first kappa shape index (κ1) is 18.6. The van der Waals surface area contributed by atoms with Crippen molar-refractivity contribution in [1.29, 1.82) is 0 Å². The van der Waals surface area contributed by atoms with Crippen molar-refractivity contribution < 1.29 is 4.74 Å². The van der Waals surface area contributed by atoms with Gasteiger partial charge in [-0.2, -0.15) is 0 Å². The van der Waals surface area contributed by atoms with E-state index in [0.717, 1.165) is 43.7 Å². The number of guanidine groups is 1. The zero-order valence-electron chi connectivity index (χ0n) is 15.3. The maximum absolute atomic E-state index is 5.22. The van der Waals surface area contributed by atoms with Gasteiger partial charge >= 0.3 is 0 Å². The first-order valence-corrected chi connectivity index (χ1v) is 9.05. The summed E-state index contributed by atoms with van der Waals surface area (Å²) >= 11 is 0. The van der Waals surface area contributed by atoms with E-state index in [-0.39, 0.29) is 0 Å². The number of rotatable bonds is 7. The minimum Gasteiger partial charge on any atom is -0.497 e. The van der Waals surface area contributed by atoms with Crippen LogP contribution < -0.4 is 15.4 Å². The van der Waals surface area contributed by atoms with Crippen molar-refractivity contribution >= 4 is 5.96 Å². The molecule has 0 atom stereocenters. The van der Waals surface area contributed by atoms with Crippen LogP contribution in [0.3, 0.4) is 0 Å². The highest BCUT2D eigenvalue weighted by molar-refractivity contribution is 5.79. The summed E-state index contributed by atoms with van der Waals surface area (Å²) in [5, 5.41) is 6.79. The van der Waals surface area contributed by atoms with Gasteiger partial charge in [0.25, 0.3) is 0 Å². The van der Waals surface area contributed by atoms with Crippen LogP contribution in [-0.4, -0.2) is 51.2 Å². The first-order valence-electron chi connectivity index (χ1n) is 9.05. The molecular weight excluding hydrogens is 300 g/mol. The summed E-state index contributed by atoms with van der Waals surface area (Å²) in [5.41, 5.74) is 1.36. The van der Waals surface area contributed by atoms with Gasteiger partial charge in [0.2, 0.25) is 0 Å². The van der Waals surface area contributed by atoms with Crippen molar-refractivity contribution in [1.82, 2.24) is 15.5 Å². The monoisotopic (exact) mass is 332 g/mol. The zero-order chi connectivity index (χ0) is 17.2. The number of benzene rings is 1. The van der Waals surface area contributed by atoms with Gasteiger partial charge in [-0.3, -0.25) is 9.89 Å². The number of likely N-dealkylation sites (tertiary alicyclic amines) is 1. The molecule has 0 saturated carbocycles. The van der Waals surface area contributed by atoms with Crippen LogP contribution in [-0.2, 0) is 6.54 Å². The second kappa shape index (κ2) is 10.2.